The Morgan fingerprint density at radius 3 is 2.60 bits per heavy atom. The summed E-state index contributed by atoms with van der Waals surface area (Å²) in [4.78, 5) is 23.1. The molecule has 1 aliphatic heterocycles. The van der Waals surface area contributed by atoms with Gasteiger partial charge in [-0.15, -0.1) is 0 Å². The average Bonchev–Trinajstić information content (AvgIpc) is 2.41. The standard InChI is InChI=1S/C12H16O3/c1-6-4-5-9-11(10(6)7(2)13)8(3)15-12(9)14/h4-6,8-11H,1-3H3/t6-,8-,9-,10-,11-/m1/s1. The second kappa shape index (κ2) is 3.47. The van der Waals surface area contributed by atoms with Gasteiger partial charge in [-0.25, -0.2) is 0 Å². The van der Waals surface area contributed by atoms with Crippen molar-refractivity contribution in [1.29, 1.82) is 0 Å². The predicted molar refractivity (Wildman–Crippen MR) is 55.0 cm³/mol. The van der Waals surface area contributed by atoms with Crippen molar-refractivity contribution in [1.82, 2.24) is 0 Å². The Morgan fingerprint density at radius 1 is 1.33 bits per heavy atom. The van der Waals surface area contributed by atoms with Gasteiger partial charge < -0.3 is 4.74 Å². The van der Waals surface area contributed by atoms with E-state index in [1.807, 2.05) is 26.0 Å². The summed E-state index contributed by atoms with van der Waals surface area (Å²) in [5.74, 6) is -0.0452. The number of allylic oxidation sites excluding steroid dienone is 1. The quantitative estimate of drug-likeness (QED) is 0.485. The summed E-state index contributed by atoms with van der Waals surface area (Å²) in [5.41, 5.74) is 0. The predicted octanol–water partition coefficient (Wildman–Crippen LogP) is 1.58. The third-order valence-electron chi connectivity index (χ3n) is 3.60. The van der Waals surface area contributed by atoms with Gasteiger partial charge in [0.1, 0.15) is 11.9 Å². The molecule has 0 bridgehead atoms. The van der Waals surface area contributed by atoms with E-state index in [9.17, 15) is 9.59 Å². The van der Waals surface area contributed by atoms with E-state index < -0.39 is 0 Å². The van der Waals surface area contributed by atoms with Crippen LogP contribution in [0.2, 0.25) is 0 Å². The molecule has 0 aromatic rings. The fraction of sp³-hybridized carbons (Fsp3) is 0.667. The van der Waals surface area contributed by atoms with Crippen LogP contribution in [-0.4, -0.2) is 17.9 Å². The molecular formula is C12H16O3. The number of hydrogen-bond donors (Lipinski definition) is 0. The summed E-state index contributed by atoms with van der Waals surface area (Å²) in [6, 6.07) is 0. The molecule has 2 aliphatic rings. The molecule has 0 radical (unpaired) electrons. The minimum Gasteiger partial charge on any atom is -0.462 e. The van der Waals surface area contributed by atoms with E-state index in [2.05, 4.69) is 0 Å². The summed E-state index contributed by atoms with van der Waals surface area (Å²) in [5, 5.41) is 0. The van der Waals surface area contributed by atoms with E-state index in [0.717, 1.165) is 0 Å². The van der Waals surface area contributed by atoms with Gasteiger partial charge in [0.2, 0.25) is 0 Å². The molecule has 0 N–H and O–H groups in total. The SMILES string of the molecule is CC(=O)[C@@H]1[C@@H]2[C@@H](C)OC(=O)[C@@H]2C=C[C@H]1C. The minimum absolute atomic E-state index is 0.0370. The topological polar surface area (TPSA) is 43.4 Å². The van der Waals surface area contributed by atoms with Gasteiger partial charge in [0.05, 0.1) is 5.92 Å². The lowest BCUT2D eigenvalue weighted by Crippen LogP contribution is -2.37. The van der Waals surface area contributed by atoms with Crippen LogP contribution < -0.4 is 0 Å². The Bertz CT molecular complexity index is 332. The van der Waals surface area contributed by atoms with Crippen LogP contribution in [-0.2, 0) is 14.3 Å². The Morgan fingerprint density at radius 2 is 2.00 bits per heavy atom. The molecule has 5 atom stereocenters. The molecule has 15 heavy (non-hydrogen) atoms. The molecule has 0 unspecified atom stereocenters. The monoisotopic (exact) mass is 208 g/mol. The van der Waals surface area contributed by atoms with Gasteiger partial charge in [0.15, 0.2) is 0 Å². The number of carbonyl (C=O) groups excluding carboxylic acids is 2. The summed E-state index contributed by atoms with van der Waals surface area (Å²) in [7, 11) is 0. The van der Waals surface area contributed by atoms with Gasteiger partial charge in [0, 0.05) is 11.8 Å². The van der Waals surface area contributed by atoms with Crippen LogP contribution in [0.15, 0.2) is 12.2 Å². The lowest BCUT2D eigenvalue weighted by molar-refractivity contribution is -0.142. The van der Waals surface area contributed by atoms with E-state index in [0.29, 0.717) is 0 Å². The smallest absolute Gasteiger partial charge is 0.313 e. The van der Waals surface area contributed by atoms with Crippen LogP contribution in [0.3, 0.4) is 0 Å². The fourth-order valence-electron chi connectivity index (χ4n) is 2.92. The second-order valence-electron chi connectivity index (χ2n) is 4.63. The largest absolute Gasteiger partial charge is 0.462 e. The van der Waals surface area contributed by atoms with Crippen LogP contribution in [0.4, 0.5) is 0 Å². The van der Waals surface area contributed by atoms with Gasteiger partial charge in [-0.05, 0) is 19.8 Å². The van der Waals surface area contributed by atoms with Crippen molar-refractivity contribution in [3.05, 3.63) is 12.2 Å². The number of ether oxygens (including phenoxy) is 1. The summed E-state index contributed by atoms with van der Waals surface area (Å²) < 4.78 is 5.19. The average molecular weight is 208 g/mol. The number of cyclic esters (lactones) is 1. The lowest BCUT2D eigenvalue weighted by Gasteiger charge is -2.32. The maximum atomic E-state index is 11.6. The molecule has 0 spiro atoms. The van der Waals surface area contributed by atoms with E-state index in [4.69, 9.17) is 4.74 Å². The molecule has 1 aliphatic carbocycles. The molecular weight excluding hydrogens is 192 g/mol. The van der Waals surface area contributed by atoms with Gasteiger partial charge in [-0.1, -0.05) is 19.1 Å². The first-order valence-electron chi connectivity index (χ1n) is 5.41. The zero-order valence-corrected chi connectivity index (χ0v) is 9.27. The molecule has 1 saturated heterocycles. The highest BCUT2D eigenvalue weighted by Crippen LogP contribution is 2.42. The molecule has 82 valence electrons. The van der Waals surface area contributed by atoms with Crippen molar-refractivity contribution in [3.63, 3.8) is 0 Å². The summed E-state index contributed by atoms with van der Waals surface area (Å²) in [6.45, 7) is 5.51. The number of carbonyl (C=O) groups is 2. The van der Waals surface area contributed by atoms with Crippen LogP contribution in [0.5, 0.6) is 0 Å². The van der Waals surface area contributed by atoms with Crippen LogP contribution in [0, 0.1) is 23.7 Å². The first-order valence-corrected chi connectivity index (χ1v) is 5.41. The molecule has 1 heterocycles. The maximum Gasteiger partial charge on any atom is 0.313 e. The van der Waals surface area contributed by atoms with E-state index in [-0.39, 0.29) is 41.5 Å². The maximum absolute atomic E-state index is 11.6. The number of fused-ring (bicyclic) bond motifs is 1. The highest BCUT2D eigenvalue weighted by atomic mass is 16.6. The Kier molecular flexibility index (Phi) is 2.41. The molecule has 2 rings (SSSR count). The normalized spacial score (nSPS) is 43.7. The molecule has 0 aromatic heterocycles. The van der Waals surface area contributed by atoms with Crippen molar-refractivity contribution in [3.8, 4) is 0 Å². The molecule has 3 heteroatoms. The highest BCUT2D eigenvalue weighted by Gasteiger charge is 2.49. The van der Waals surface area contributed by atoms with Gasteiger partial charge in [-0.2, -0.15) is 0 Å². The molecule has 0 amide bonds. The Balaban J connectivity index is 2.36. The van der Waals surface area contributed by atoms with E-state index in [1.54, 1.807) is 6.92 Å². The van der Waals surface area contributed by atoms with Crippen LogP contribution in [0.25, 0.3) is 0 Å². The molecule has 0 saturated carbocycles. The summed E-state index contributed by atoms with van der Waals surface area (Å²) in [6.07, 6.45) is 3.73. The zero-order valence-electron chi connectivity index (χ0n) is 9.27. The van der Waals surface area contributed by atoms with Gasteiger partial charge in [0.25, 0.3) is 0 Å². The van der Waals surface area contributed by atoms with Crippen LogP contribution >= 0.6 is 0 Å². The first-order chi connectivity index (χ1) is 7.02. The Labute approximate surface area is 89.5 Å². The van der Waals surface area contributed by atoms with Crippen molar-refractivity contribution in [2.24, 2.45) is 23.7 Å². The Hall–Kier alpha value is -1.12. The van der Waals surface area contributed by atoms with Crippen LogP contribution in [0.1, 0.15) is 20.8 Å². The van der Waals surface area contributed by atoms with Crippen molar-refractivity contribution in [2.75, 3.05) is 0 Å². The molecule has 1 fully saturated rings. The molecule has 0 aromatic carbocycles. The fourth-order valence-corrected chi connectivity index (χ4v) is 2.92. The van der Waals surface area contributed by atoms with E-state index >= 15 is 0 Å². The van der Waals surface area contributed by atoms with Crippen molar-refractivity contribution >= 4 is 11.8 Å². The number of hydrogen-bond acceptors (Lipinski definition) is 3. The zero-order chi connectivity index (χ0) is 11.2. The third kappa shape index (κ3) is 1.50. The lowest BCUT2D eigenvalue weighted by atomic mass is 9.69. The number of esters is 1. The first kappa shape index (κ1) is 10.4. The molecule has 3 nitrogen and oxygen atoms in total. The van der Waals surface area contributed by atoms with Crippen molar-refractivity contribution < 1.29 is 14.3 Å². The van der Waals surface area contributed by atoms with Gasteiger partial charge in [-0.3, -0.25) is 9.59 Å². The number of rotatable bonds is 1. The number of ketones is 1. The van der Waals surface area contributed by atoms with Crippen molar-refractivity contribution in [2.45, 2.75) is 26.9 Å². The second-order valence-corrected chi connectivity index (χ2v) is 4.63. The van der Waals surface area contributed by atoms with E-state index in [1.165, 1.54) is 0 Å². The van der Waals surface area contributed by atoms with Gasteiger partial charge >= 0.3 is 5.97 Å². The summed E-state index contributed by atoms with van der Waals surface area (Å²) >= 11 is 0. The number of Topliss-reactive ketones (excluding diaryl/α,β-unsaturated/α-hetero) is 1. The third-order valence-corrected chi connectivity index (χ3v) is 3.60. The minimum atomic E-state index is -0.204. The highest BCUT2D eigenvalue weighted by molar-refractivity contribution is 5.84.